The van der Waals surface area contributed by atoms with Crippen molar-refractivity contribution in [2.75, 3.05) is 39.5 Å². The van der Waals surface area contributed by atoms with Crippen LogP contribution < -0.4 is 11.1 Å². The summed E-state index contributed by atoms with van der Waals surface area (Å²) >= 11 is 0. The zero-order valence-electron chi connectivity index (χ0n) is 11.7. The molecule has 0 radical (unpaired) electrons. The number of carbonyl (C=O) groups excluding carboxylic acids is 1. The summed E-state index contributed by atoms with van der Waals surface area (Å²) in [6.45, 7) is 7.70. The molecular formula is C13H28N2O3. The molecule has 0 aromatic rings. The maximum absolute atomic E-state index is 11.4. The highest BCUT2D eigenvalue weighted by atomic mass is 16.5. The third-order valence-electron chi connectivity index (χ3n) is 2.39. The Labute approximate surface area is 110 Å². The number of amides is 1. The van der Waals surface area contributed by atoms with Crippen molar-refractivity contribution < 1.29 is 14.3 Å². The van der Waals surface area contributed by atoms with Gasteiger partial charge >= 0.3 is 0 Å². The van der Waals surface area contributed by atoms with Gasteiger partial charge in [0, 0.05) is 19.5 Å². The molecule has 0 aliphatic rings. The van der Waals surface area contributed by atoms with E-state index in [2.05, 4.69) is 19.2 Å². The molecule has 0 rings (SSSR count). The van der Waals surface area contributed by atoms with E-state index in [1.165, 1.54) is 0 Å². The second kappa shape index (κ2) is 12.8. The van der Waals surface area contributed by atoms with Gasteiger partial charge in [-0.2, -0.15) is 0 Å². The monoisotopic (exact) mass is 260 g/mol. The molecular weight excluding hydrogens is 232 g/mol. The standard InChI is InChI=1S/C13H28N2O3/c1-12(2)4-3-7-15-13(16)5-8-17-10-11-18-9-6-14/h12H,3-11,14H2,1-2H3,(H,15,16). The minimum absolute atomic E-state index is 0.0571. The molecule has 0 aromatic heterocycles. The molecule has 5 nitrogen and oxygen atoms in total. The van der Waals surface area contributed by atoms with Crippen LogP contribution in [0.2, 0.25) is 0 Å². The zero-order valence-corrected chi connectivity index (χ0v) is 11.7. The first-order valence-electron chi connectivity index (χ1n) is 6.79. The number of hydrogen-bond donors (Lipinski definition) is 2. The zero-order chi connectivity index (χ0) is 13.6. The predicted molar refractivity (Wildman–Crippen MR) is 72.4 cm³/mol. The third kappa shape index (κ3) is 13.4. The lowest BCUT2D eigenvalue weighted by molar-refractivity contribution is -0.122. The fourth-order valence-corrected chi connectivity index (χ4v) is 1.40. The number of nitrogens with two attached hydrogens (primary N) is 1. The molecule has 0 aliphatic heterocycles. The number of rotatable bonds is 12. The Morgan fingerprint density at radius 3 is 2.44 bits per heavy atom. The Morgan fingerprint density at radius 1 is 1.17 bits per heavy atom. The van der Waals surface area contributed by atoms with Gasteiger partial charge in [-0.1, -0.05) is 13.8 Å². The van der Waals surface area contributed by atoms with Crippen LogP contribution >= 0.6 is 0 Å². The molecule has 3 N–H and O–H groups in total. The summed E-state index contributed by atoms with van der Waals surface area (Å²) < 4.78 is 10.4. The van der Waals surface area contributed by atoms with Crippen LogP contribution in [-0.2, 0) is 14.3 Å². The van der Waals surface area contributed by atoms with E-state index >= 15 is 0 Å². The van der Waals surface area contributed by atoms with E-state index in [9.17, 15) is 4.79 Å². The summed E-state index contributed by atoms with van der Waals surface area (Å²) in [5.41, 5.74) is 5.27. The molecule has 0 saturated carbocycles. The van der Waals surface area contributed by atoms with E-state index in [0.29, 0.717) is 45.3 Å². The maximum atomic E-state index is 11.4. The van der Waals surface area contributed by atoms with Crippen molar-refractivity contribution in [2.45, 2.75) is 33.1 Å². The van der Waals surface area contributed by atoms with Gasteiger partial charge < -0.3 is 20.5 Å². The molecule has 0 unspecified atom stereocenters. The summed E-state index contributed by atoms with van der Waals surface area (Å²) in [5.74, 6) is 0.750. The molecule has 5 heteroatoms. The summed E-state index contributed by atoms with van der Waals surface area (Å²) in [7, 11) is 0. The van der Waals surface area contributed by atoms with Gasteiger partial charge in [0.25, 0.3) is 0 Å². The predicted octanol–water partition coefficient (Wildman–Crippen LogP) is 0.921. The van der Waals surface area contributed by atoms with E-state index in [1.54, 1.807) is 0 Å². The quantitative estimate of drug-likeness (QED) is 0.512. The van der Waals surface area contributed by atoms with E-state index in [0.717, 1.165) is 19.4 Å². The Balaban J connectivity index is 3.17. The molecule has 0 spiro atoms. The Morgan fingerprint density at radius 2 is 1.83 bits per heavy atom. The van der Waals surface area contributed by atoms with E-state index < -0.39 is 0 Å². The summed E-state index contributed by atoms with van der Waals surface area (Å²) in [5, 5.41) is 2.88. The van der Waals surface area contributed by atoms with E-state index in [4.69, 9.17) is 15.2 Å². The SMILES string of the molecule is CC(C)CCCNC(=O)CCOCCOCCN. The maximum Gasteiger partial charge on any atom is 0.222 e. The molecule has 0 atom stereocenters. The third-order valence-corrected chi connectivity index (χ3v) is 2.39. The lowest BCUT2D eigenvalue weighted by Crippen LogP contribution is -2.25. The Kier molecular flexibility index (Phi) is 12.3. The van der Waals surface area contributed by atoms with Gasteiger partial charge in [0.1, 0.15) is 0 Å². The van der Waals surface area contributed by atoms with Crippen molar-refractivity contribution in [2.24, 2.45) is 11.7 Å². The largest absolute Gasteiger partial charge is 0.379 e. The lowest BCUT2D eigenvalue weighted by atomic mass is 10.1. The molecule has 18 heavy (non-hydrogen) atoms. The first-order valence-corrected chi connectivity index (χ1v) is 6.79. The average molecular weight is 260 g/mol. The van der Waals surface area contributed by atoms with Crippen molar-refractivity contribution in [1.29, 1.82) is 0 Å². The molecule has 1 amide bonds. The molecule has 0 bridgehead atoms. The number of hydrogen-bond acceptors (Lipinski definition) is 4. The van der Waals surface area contributed by atoms with Crippen molar-refractivity contribution >= 4 is 5.91 Å². The summed E-state index contributed by atoms with van der Waals surface area (Å²) in [4.78, 5) is 11.4. The van der Waals surface area contributed by atoms with Crippen molar-refractivity contribution in [3.05, 3.63) is 0 Å². The summed E-state index contributed by atoms with van der Waals surface area (Å²) in [6, 6.07) is 0. The van der Waals surface area contributed by atoms with Crippen LogP contribution in [0.25, 0.3) is 0 Å². The van der Waals surface area contributed by atoms with E-state index in [1.807, 2.05) is 0 Å². The molecule has 0 aromatic carbocycles. The number of ether oxygens (including phenoxy) is 2. The second-order valence-corrected chi connectivity index (χ2v) is 4.65. The fraction of sp³-hybridized carbons (Fsp3) is 0.923. The van der Waals surface area contributed by atoms with Gasteiger partial charge in [0.2, 0.25) is 5.91 Å². The van der Waals surface area contributed by atoms with Crippen LogP contribution in [-0.4, -0.2) is 45.4 Å². The molecule has 0 aliphatic carbocycles. The number of nitrogens with one attached hydrogen (secondary N) is 1. The van der Waals surface area contributed by atoms with Gasteiger partial charge in [0.15, 0.2) is 0 Å². The highest BCUT2D eigenvalue weighted by molar-refractivity contribution is 5.75. The minimum Gasteiger partial charge on any atom is -0.379 e. The van der Waals surface area contributed by atoms with Crippen LogP contribution in [0.3, 0.4) is 0 Å². The normalized spacial score (nSPS) is 10.9. The van der Waals surface area contributed by atoms with Crippen molar-refractivity contribution in [3.8, 4) is 0 Å². The lowest BCUT2D eigenvalue weighted by Gasteiger charge is -2.07. The fourth-order valence-electron chi connectivity index (χ4n) is 1.40. The van der Waals surface area contributed by atoms with Gasteiger partial charge in [-0.05, 0) is 18.8 Å². The van der Waals surface area contributed by atoms with Crippen LogP contribution in [0, 0.1) is 5.92 Å². The molecule has 0 heterocycles. The van der Waals surface area contributed by atoms with Gasteiger partial charge in [-0.3, -0.25) is 4.79 Å². The van der Waals surface area contributed by atoms with Crippen LogP contribution in [0.1, 0.15) is 33.1 Å². The average Bonchev–Trinajstić information content (AvgIpc) is 2.33. The molecule has 0 fully saturated rings. The first kappa shape index (κ1) is 17.4. The molecule has 0 saturated heterocycles. The van der Waals surface area contributed by atoms with Crippen LogP contribution in [0.15, 0.2) is 0 Å². The van der Waals surface area contributed by atoms with Crippen LogP contribution in [0.5, 0.6) is 0 Å². The van der Waals surface area contributed by atoms with Gasteiger partial charge in [-0.15, -0.1) is 0 Å². The minimum atomic E-state index is 0.0571. The number of carbonyl (C=O) groups is 1. The summed E-state index contributed by atoms with van der Waals surface area (Å²) in [6.07, 6.45) is 2.60. The highest BCUT2D eigenvalue weighted by Gasteiger charge is 2.01. The topological polar surface area (TPSA) is 73.6 Å². The van der Waals surface area contributed by atoms with Crippen LogP contribution in [0.4, 0.5) is 0 Å². The van der Waals surface area contributed by atoms with Crippen molar-refractivity contribution in [3.63, 3.8) is 0 Å². The Bertz CT molecular complexity index is 199. The van der Waals surface area contributed by atoms with Gasteiger partial charge in [-0.25, -0.2) is 0 Å². The van der Waals surface area contributed by atoms with E-state index in [-0.39, 0.29) is 5.91 Å². The smallest absolute Gasteiger partial charge is 0.222 e. The van der Waals surface area contributed by atoms with Crippen molar-refractivity contribution in [1.82, 2.24) is 5.32 Å². The van der Waals surface area contributed by atoms with Gasteiger partial charge in [0.05, 0.1) is 26.4 Å². The second-order valence-electron chi connectivity index (χ2n) is 4.65. The highest BCUT2D eigenvalue weighted by Crippen LogP contribution is 2.01. The molecule has 108 valence electrons. The Hall–Kier alpha value is -0.650. The first-order chi connectivity index (χ1) is 8.66.